The Kier molecular flexibility index (Phi) is 3.40. The molecule has 2 aliphatic rings. The minimum Gasteiger partial charge on any atom is -0.494 e. The fourth-order valence-electron chi connectivity index (χ4n) is 3.19. The van der Waals surface area contributed by atoms with Crippen LogP contribution in [0.15, 0.2) is 6.07 Å². The molecule has 0 amide bonds. The normalized spacial score (nSPS) is 24.6. The molecular formula is C16H23NO2. The van der Waals surface area contributed by atoms with Crippen LogP contribution in [0.5, 0.6) is 11.5 Å². The fraction of sp³-hybridized carbons (Fsp3) is 0.625. The number of benzene rings is 1. The van der Waals surface area contributed by atoms with Gasteiger partial charge in [-0.05, 0) is 32.8 Å². The molecule has 3 nitrogen and oxygen atoms in total. The predicted octanol–water partition coefficient (Wildman–Crippen LogP) is 2.83. The van der Waals surface area contributed by atoms with Crippen molar-refractivity contribution in [2.75, 3.05) is 6.61 Å². The molecule has 3 rings (SSSR count). The van der Waals surface area contributed by atoms with Crippen molar-refractivity contribution in [2.24, 2.45) is 0 Å². The van der Waals surface area contributed by atoms with Crippen molar-refractivity contribution in [1.82, 2.24) is 5.32 Å². The molecule has 1 aromatic rings. The summed E-state index contributed by atoms with van der Waals surface area (Å²) >= 11 is 0. The van der Waals surface area contributed by atoms with E-state index in [1.54, 1.807) is 0 Å². The lowest BCUT2D eigenvalue weighted by molar-refractivity contribution is 0.250. The van der Waals surface area contributed by atoms with E-state index in [1.807, 2.05) is 0 Å². The van der Waals surface area contributed by atoms with Crippen LogP contribution in [0, 0.1) is 0 Å². The zero-order chi connectivity index (χ0) is 13.4. The lowest BCUT2D eigenvalue weighted by atomic mass is 9.91. The summed E-state index contributed by atoms with van der Waals surface area (Å²) < 4.78 is 11.9. The van der Waals surface area contributed by atoms with Gasteiger partial charge in [-0.15, -0.1) is 0 Å². The average molecular weight is 261 g/mol. The van der Waals surface area contributed by atoms with Crippen molar-refractivity contribution in [3.05, 3.63) is 22.8 Å². The summed E-state index contributed by atoms with van der Waals surface area (Å²) in [6.45, 7) is 8.06. The molecular weight excluding hydrogens is 238 g/mol. The molecule has 1 aromatic carbocycles. The van der Waals surface area contributed by atoms with Crippen molar-refractivity contribution < 1.29 is 9.47 Å². The highest BCUT2D eigenvalue weighted by molar-refractivity contribution is 5.56. The maximum Gasteiger partial charge on any atom is 0.128 e. The van der Waals surface area contributed by atoms with Crippen LogP contribution >= 0.6 is 0 Å². The average Bonchev–Trinajstić information content (AvgIpc) is 2.79. The molecule has 0 aliphatic carbocycles. The highest BCUT2D eigenvalue weighted by Gasteiger charge is 2.30. The van der Waals surface area contributed by atoms with Gasteiger partial charge in [0.2, 0.25) is 0 Å². The second kappa shape index (κ2) is 5.04. The number of hydrogen-bond donors (Lipinski definition) is 1. The van der Waals surface area contributed by atoms with E-state index < -0.39 is 0 Å². The molecule has 19 heavy (non-hydrogen) atoms. The number of hydrogen-bond acceptors (Lipinski definition) is 3. The van der Waals surface area contributed by atoms with Gasteiger partial charge in [-0.2, -0.15) is 0 Å². The van der Waals surface area contributed by atoms with Crippen LogP contribution in [-0.2, 0) is 19.4 Å². The Morgan fingerprint density at radius 3 is 2.89 bits per heavy atom. The molecule has 2 aliphatic heterocycles. The summed E-state index contributed by atoms with van der Waals surface area (Å²) in [4.78, 5) is 0. The monoisotopic (exact) mass is 261 g/mol. The zero-order valence-corrected chi connectivity index (χ0v) is 12.1. The predicted molar refractivity (Wildman–Crippen MR) is 76.0 cm³/mol. The van der Waals surface area contributed by atoms with Gasteiger partial charge < -0.3 is 14.8 Å². The van der Waals surface area contributed by atoms with Crippen LogP contribution in [0.3, 0.4) is 0 Å². The van der Waals surface area contributed by atoms with Crippen LogP contribution in [0.1, 0.15) is 43.9 Å². The highest BCUT2D eigenvalue weighted by atomic mass is 16.5. The first-order valence-electron chi connectivity index (χ1n) is 7.43. The van der Waals surface area contributed by atoms with Gasteiger partial charge >= 0.3 is 0 Å². The highest BCUT2D eigenvalue weighted by Crippen LogP contribution is 2.41. The molecule has 104 valence electrons. The Morgan fingerprint density at radius 2 is 2.16 bits per heavy atom. The minimum absolute atomic E-state index is 0.292. The molecule has 0 saturated carbocycles. The van der Waals surface area contributed by atoms with Crippen LogP contribution in [0.25, 0.3) is 0 Å². The van der Waals surface area contributed by atoms with E-state index in [4.69, 9.17) is 9.47 Å². The van der Waals surface area contributed by atoms with Gasteiger partial charge in [0.1, 0.15) is 17.6 Å². The summed E-state index contributed by atoms with van der Waals surface area (Å²) in [5.74, 6) is 2.20. The van der Waals surface area contributed by atoms with Crippen molar-refractivity contribution in [2.45, 2.75) is 58.7 Å². The van der Waals surface area contributed by atoms with E-state index in [2.05, 4.69) is 32.2 Å². The first-order chi connectivity index (χ1) is 9.22. The van der Waals surface area contributed by atoms with E-state index in [0.29, 0.717) is 12.1 Å². The van der Waals surface area contributed by atoms with Gasteiger partial charge in [-0.3, -0.25) is 0 Å². The van der Waals surface area contributed by atoms with Gasteiger partial charge in [0.25, 0.3) is 0 Å². The maximum atomic E-state index is 6.01. The fourth-order valence-corrected chi connectivity index (χ4v) is 3.19. The van der Waals surface area contributed by atoms with Gasteiger partial charge in [0.15, 0.2) is 0 Å². The number of nitrogens with one attached hydrogen (secondary N) is 1. The summed E-state index contributed by atoms with van der Waals surface area (Å²) in [6, 6.07) is 2.77. The summed E-state index contributed by atoms with van der Waals surface area (Å²) in [5.41, 5.74) is 4.00. The quantitative estimate of drug-likeness (QED) is 0.907. The standard InChI is InChI=1S/C16H23NO2/c1-4-12-8-13-14(9-17-12)16-11(6-10(3)19-16)7-15(13)18-5-2/h7,10,12,17H,4-6,8-9H2,1-3H3. The number of rotatable bonds is 3. The molecule has 3 heteroatoms. The van der Waals surface area contributed by atoms with Gasteiger partial charge in [0, 0.05) is 35.7 Å². The molecule has 2 heterocycles. The Labute approximate surface area is 115 Å². The molecule has 0 aromatic heterocycles. The second-order valence-electron chi connectivity index (χ2n) is 5.58. The molecule has 2 unspecified atom stereocenters. The number of ether oxygens (including phenoxy) is 2. The Bertz CT molecular complexity index is 484. The Hall–Kier alpha value is -1.22. The molecule has 0 saturated heterocycles. The number of fused-ring (bicyclic) bond motifs is 3. The summed E-state index contributed by atoms with van der Waals surface area (Å²) in [7, 11) is 0. The van der Waals surface area contributed by atoms with E-state index >= 15 is 0 Å². The minimum atomic E-state index is 0.292. The zero-order valence-electron chi connectivity index (χ0n) is 12.1. The topological polar surface area (TPSA) is 30.5 Å². The molecule has 0 spiro atoms. The lowest BCUT2D eigenvalue weighted by Crippen LogP contribution is -2.35. The largest absolute Gasteiger partial charge is 0.494 e. The van der Waals surface area contributed by atoms with Crippen molar-refractivity contribution >= 4 is 0 Å². The van der Waals surface area contributed by atoms with Crippen LogP contribution in [0.2, 0.25) is 0 Å². The summed E-state index contributed by atoms with van der Waals surface area (Å²) in [6.07, 6.45) is 3.49. The van der Waals surface area contributed by atoms with E-state index in [0.717, 1.165) is 43.9 Å². The first kappa shape index (κ1) is 12.8. The SMILES string of the molecule is CCOc1cc2c(c3c1CC(CC)NC3)OC(C)C2. The van der Waals surface area contributed by atoms with E-state index in [1.165, 1.54) is 16.7 Å². The van der Waals surface area contributed by atoms with Crippen molar-refractivity contribution in [3.63, 3.8) is 0 Å². The molecule has 0 radical (unpaired) electrons. The van der Waals surface area contributed by atoms with Gasteiger partial charge in [-0.1, -0.05) is 6.92 Å². The van der Waals surface area contributed by atoms with Gasteiger partial charge in [-0.25, -0.2) is 0 Å². The first-order valence-corrected chi connectivity index (χ1v) is 7.43. The molecule has 2 atom stereocenters. The molecule has 0 bridgehead atoms. The third-order valence-corrected chi connectivity index (χ3v) is 4.17. The second-order valence-corrected chi connectivity index (χ2v) is 5.58. The van der Waals surface area contributed by atoms with Crippen LogP contribution < -0.4 is 14.8 Å². The molecule has 0 fully saturated rings. The summed E-state index contributed by atoms with van der Waals surface area (Å²) in [5, 5.41) is 3.60. The Morgan fingerprint density at radius 1 is 1.32 bits per heavy atom. The van der Waals surface area contributed by atoms with Crippen molar-refractivity contribution in [1.29, 1.82) is 0 Å². The van der Waals surface area contributed by atoms with Crippen LogP contribution in [-0.4, -0.2) is 18.8 Å². The van der Waals surface area contributed by atoms with Crippen molar-refractivity contribution in [3.8, 4) is 11.5 Å². The van der Waals surface area contributed by atoms with E-state index in [-0.39, 0.29) is 0 Å². The maximum absolute atomic E-state index is 6.01. The third kappa shape index (κ3) is 2.20. The lowest BCUT2D eigenvalue weighted by Gasteiger charge is -2.28. The Balaban J connectivity index is 2.05. The van der Waals surface area contributed by atoms with Crippen LogP contribution in [0.4, 0.5) is 0 Å². The smallest absolute Gasteiger partial charge is 0.128 e. The third-order valence-electron chi connectivity index (χ3n) is 4.17. The van der Waals surface area contributed by atoms with E-state index in [9.17, 15) is 0 Å². The van der Waals surface area contributed by atoms with Gasteiger partial charge in [0.05, 0.1) is 6.61 Å². The molecule has 1 N–H and O–H groups in total.